The summed E-state index contributed by atoms with van der Waals surface area (Å²) in [6.45, 7) is -0.766. The lowest BCUT2D eigenvalue weighted by Gasteiger charge is -2.52. The summed E-state index contributed by atoms with van der Waals surface area (Å²) in [6.07, 6.45) is -3.33. The highest BCUT2D eigenvalue weighted by molar-refractivity contribution is 6.22. The highest BCUT2D eigenvalue weighted by Crippen LogP contribution is 2.48. The maximum Gasteiger partial charge on any atom is 0.277 e. The van der Waals surface area contributed by atoms with Crippen molar-refractivity contribution in [2.45, 2.75) is 34.9 Å². The molecule has 4 rings (SSSR count). The van der Waals surface area contributed by atoms with Gasteiger partial charge in [-0.05, 0) is 0 Å². The predicted molar refractivity (Wildman–Crippen MR) is 102 cm³/mol. The van der Waals surface area contributed by atoms with E-state index in [1.807, 2.05) is 12.1 Å². The van der Waals surface area contributed by atoms with Gasteiger partial charge in [-0.25, -0.2) is 0 Å². The second kappa shape index (κ2) is 7.89. The van der Waals surface area contributed by atoms with E-state index in [-0.39, 0.29) is 13.2 Å². The zero-order valence-electron chi connectivity index (χ0n) is 14.8. The lowest BCUT2D eigenvalue weighted by atomic mass is 9.98. The Hall–Kier alpha value is -1.22. The zero-order valence-corrected chi connectivity index (χ0v) is 16.3. The van der Waals surface area contributed by atoms with Crippen LogP contribution in [0.4, 0.5) is 0 Å². The summed E-state index contributed by atoms with van der Waals surface area (Å²) >= 11 is 13.2. The van der Waals surface area contributed by atoms with Crippen LogP contribution in [0.15, 0.2) is 60.7 Å². The van der Waals surface area contributed by atoms with Gasteiger partial charge in [0, 0.05) is 11.1 Å². The summed E-state index contributed by atoms with van der Waals surface area (Å²) in [7, 11) is 0. The van der Waals surface area contributed by atoms with E-state index in [4.69, 9.17) is 42.1 Å². The molecule has 8 heteroatoms. The van der Waals surface area contributed by atoms with Crippen LogP contribution in [0.2, 0.25) is 0 Å². The molecule has 2 aliphatic heterocycles. The van der Waals surface area contributed by atoms with E-state index in [1.54, 1.807) is 48.5 Å². The molecule has 2 saturated heterocycles. The minimum atomic E-state index is -1.66. The number of halogens is 2. The summed E-state index contributed by atoms with van der Waals surface area (Å²) in [5, 5.41) is 16.6. The first kappa shape index (κ1) is 20.1. The van der Waals surface area contributed by atoms with Gasteiger partial charge in [-0.2, -0.15) is 0 Å². The van der Waals surface area contributed by atoms with Gasteiger partial charge in [0.1, 0.15) is 24.4 Å². The molecule has 0 amide bonds. The van der Waals surface area contributed by atoms with Gasteiger partial charge in [-0.1, -0.05) is 83.9 Å². The standard InChI is InChI=1S/C20H20Cl2O6/c21-19(13-7-3-1-4-8-13)25-15(11-23)18-17(27-19)16(12-24)26-20(22,28-18)14-9-5-2-6-10-14/h1-10,15-18,23-24H,11-12H2/t15-,16+,17-,18-,19?,20?/m1/s1. The number of aliphatic hydroxyl groups excluding tert-OH is 2. The van der Waals surface area contributed by atoms with Crippen molar-refractivity contribution in [2.75, 3.05) is 13.2 Å². The highest BCUT2D eigenvalue weighted by atomic mass is 35.5. The van der Waals surface area contributed by atoms with Crippen LogP contribution in [0.5, 0.6) is 0 Å². The molecule has 2 aromatic carbocycles. The Bertz CT molecular complexity index is 726. The van der Waals surface area contributed by atoms with Crippen molar-refractivity contribution in [1.29, 1.82) is 0 Å². The number of fused-ring (bicyclic) bond motifs is 1. The fourth-order valence-electron chi connectivity index (χ4n) is 3.47. The van der Waals surface area contributed by atoms with Gasteiger partial charge < -0.3 is 29.2 Å². The van der Waals surface area contributed by atoms with Crippen LogP contribution in [-0.2, 0) is 29.4 Å². The van der Waals surface area contributed by atoms with Crippen molar-refractivity contribution in [1.82, 2.24) is 0 Å². The second-order valence-corrected chi connectivity index (χ2v) is 7.64. The number of alkyl halides is 2. The second-order valence-electron chi connectivity index (χ2n) is 6.65. The van der Waals surface area contributed by atoms with Crippen LogP contribution in [0.1, 0.15) is 11.1 Å². The Morgan fingerprint density at radius 3 is 1.32 bits per heavy atom. The molecule has 6 atom stereocenters. The van der Waals surface area contributed by atoms with E-state index in [0.717, 1.165) is 0 Å². The lowest BCUT2D eigenvalue weighted by molar-refractivity contribution is -0.412. The molecule has 2 aromatic rings. The average Bonchev–Trinajstić information content (AvgIpc) is 2.74. The molecule has 2 aliphatic rings. The van der Waals surface area contributed by atoms with Crippen molar-refractivity contribution in [3.63, 3.8) is 0 Å². The predicted octanol–water partition coefficient (Wildman–Crippen LogP) is 2.64. The van der Waals surface area contributed by atoms with Crippen molar-refractivity contribution in [2.24, 2.45) is 0 Å². The maximum absolute atomic E-state index is 9.94. The molecule has 2 heterocycles. The smallest absolute Gasteiger partial charge is 0.277 e. The molecule has 150 valence electrons. The number of hydrogen-bond acceptors (Lipinski definition) is 6. The lowest BCUT2D eigenvalue weighted by Crippen LogP contribution is -2.65. The van der Waals surface area contributed by atoms with Crippen LogP contribution in [0, 0.1) is 0 Å². The minimum Gasteiger partial charge on any atom is -0.394 e. The largest absolute Gasteiger partial charge is 0.394 e. The topological polar surface area (TPSA) is 77.4 Å². The van der Waals surface area contributed by atoms with Gasteiger partial charge in [0.05, 0.1) is 13.2 Å². The van der Waals surface area contributed by atoms with Crippen molar-refractivity contribution < 1.29 is 29.2 Å². The first-order valence-corrected chi connectivity index (χ1v) is 9.66. The summed E-state index contributed by atoms with van der Waals surface area (Å²) in [5.74, 6) is 0. The van der Waals surface area contributed by atoms with Crippen molar-refractivity contribution in [3.05, 3.63) is 71.8 Å². The minimum absolute atomic E-state index is 0.383. The molecule has 0 aromatic heterocycles. The van der Waals surface area contributed by atoms with E-state index in [0.29, 0.717) is 11.1 Å². The Kier molecular flexibility index (Phi) is 5.66. The Balaban J connectivity index is 1.68. The summed E-state index contributed by atoms with van der Waals surface area (Å²) in [6, 6.07) is 17.8. The van der Waals surface area contributed by atoms with E-state index >= 15 is 0 Å². The highest BCUT2D eigenvalue weighted by Gasteiger charge is 2.58. The molecule has 0 saturated carbocycles. The fourth-order valence-corrected chi connectivity index (χ4v) is 4.15. The van der Waals surface area contributed by atoms with E-state index in [2.05, 4.69) is 0 Å². The molecule has 2 fully saturated rings. The van der Waals surface area contributed by atoms with Crippen LogP contribution in [-0.4, -0.2) is 47.8 Å². The van der Waals surface area contributed by atoms with Crippen LogP contribution < -0.4 is 0 Å². The van der Waals surface area contributed by atoms with Crippen molar-refractivity contribution >= 4 is 23.2 Å². The first-order valence-electron chi connectivity index (χ1n) is 8.91. The Labute approximate surface area is 172 Å². The van der Waals surface area contributed by atoms with Gasteiger partial charge in [-0.15, -0.1) is 0 Å². The van der Waals surface area contributed by atoms with Crippen LogP contribution >= 0.6 is 23.2 Å². The molecule has 0 radical (unpaired) electrons. The van der Waals surface area contributed by atoms with E-state index in [1.165, 1.54) is 0 Å². The molecule has 0 spiro atoms. The van der Waals surface area contributed by atoms with E-state index in [9.17, 15) is 10.2 Å². The normalized spacial score (nSPS) is 38.0. The quantitative estimate of drug-likeness (QED) is 0.731. The first-order chi connectivity index (χ1) is 13.5. The van der Waals surface area contributed by atoms with Gasteiger partial charge in [-0.3, -0.25) is 0 Å². The third-order valence-electron chi connectivity index (χ3n) is 4.83. The third kappa shape index (κ3) is 3.56. The Morgan fingerprint density at radius 1 is 0.643 bits per heavy atom. The molecule has 28 heavy (non-hydrogen) atoms. The zero-order chi connectivity index (χ0) is 19.8. The number of hydrogen-bond donors (Lipinski definition) is 2. The fraction of sp³-hybridized carbons (Fsp3) is 0.400. The van der Waals surface area contributed by atoms with Crippen LogP contribution in [0.3, 0.4) is 0 Å². The molecule has 0 bridgehead atoms. The molecular weight excluding hydrogens is 407 g/mol. The summed E-state index contributed by atoms with van der Waals surface area (Å²) in [4.78, 5) is 0. The van der Waals surface area contributed by atoms with Crippen LogP contribution in [0.25, 0.3) is 0 Å². The number of ether oxygens (including phenoxy) is 4. The molecule has 2 N–H and O–H groups in total. The molecular formula is C20H20Cl2O6. The SMILES string of the molecule is OC[C@@H]1OC(Cl)(c2ccccc2)O[C@H]2[C@@H]1OC(Cl)(c1ccccc1)O[C@@H]2CO. The average molecular weight is 427 g/mol. The van der Waals surface area contributed by atoms with Gasteiger partial charge in [0.2, 0.25) is 0 Å². The monoisotopic (exact) mass is 426 g/mol. The number of benzene rings is 2. The Morgan fingerprint density at radius 2 is 1.00 bits per heavy atom. The van der Waals surface area contributed by atoms with Gasteiger partial charge in [0.25, 0.3) is 10.5 Å². The summed E-state index contributed by atoms with van der Waals surface area (Å²) < 4.78 is 23.7. The maximum atomic E-state index is 9.94. The van der Waals surface area contributed by atoms with Gasteiger partial charge >= 0.3 is 0 Å². The van der Waals surface area contributed by atoms with Crippen molar-refractivity contribution in [3.8, 4) is 0 Å². The molecule has 6 nitrogen and oxygen atoms in total. The van der Waals surface area contributed by atoms with E-state index < -0.39 is 34.9 Å². The third-order valence-corrected chi connectivity index (χ3v) is 5.63. The summed E-state index contributed by atoms with van der Waals surface area (Å²) in [5.41, 5.74) is 1.10. The molecule has 2 unspecified atom stereocenters. The number of rotatable bonds is 4. The van der Waals surface area contributed by atoms with Gasteiger partial charge in [0.15, 0.2) is 0 Å². The number of aliphatic hydroxyl groups is 2. The molecule has 0 aliphatic carbocycles.